The number of sulfonamides is 1. The molecule has 0 fully saturated rings. The highest BCUT2D eigenvalue weighted by atomic mass is 32.2. The lowest BCUT2D eigenvalue weighted by Gasteiger charge is -2.30. The molecule has 27 heavy (non-hydrogen) atoms. The molecule has 0 heterocycles. The summed E-state index contributed by atoms with van der Waals surface area (Å²) in [6, 6.07) is 12.6. The average Bonchev–Trinajstić information content (AvgIpc) is 2.56. The Kier molecular flexibility index (Phi) is 6.65. The lowest BCUT2D eigenvalue weighted by Crippen LogP contribution is -2.49. The van der Waals surface area contributed by atoms with Crippen LogP contribution in [0.5, 0.6) is 0 Å². The second kappa shape index (κ2) is 8.57. The first-order valence-corrected chi connectivity index (χ1v) is 10.9. The number of hydrogen-bond acceptors (Lipinski definition) is 3. The van der Waals surface area contributed by atoms with Gasteiger partial charge in [-0.2, -0.15) is 0 Å². The summed E-state index contributed by atoms with van der Waals surface area (Å²) in [7, 11) is -3.62. The predicted octanol–water partition coefficient (Wildman–Crippen LogP) is 3.47. The zero-order valence-corrected chi connectivity index (χ0v) is 17.4. The Labute approximate surface area is 162 Å². The maximum absolute atomic E-state index is 12.8. The summed E-state index contributed by atoms with van der Waals surface area (Å²) < 4.78 is 26.3. The van der Waals surface area contributed by atoms with Gasteiger partial charge in [0.25, 0.3) is 0 Å². The summed E-state index contributed by atoms with van der Waals surface area (Å²) in [6.45, 7) is 8.01. The van der Waals surface area contributed by atoms with Crippen molar-refractivity contribution < 1.29 is 13.2 Å². The number of anilines is 1. The molecule has 146 valence electrons. The van der Waals surface area contributed by atoms with Gasteiger partial charge < -0.3 is 5.32 Å². The van der Waals surface area contributed by atoms with Crippen LogP contribution < -0.4 is 9.62 Å². The van der Waals surface area contributed by atoms with Gasteiger partial charge in [0.1, 0.15) is 6.04 Å². The molecule has 1 N–H and O–H groups in total. The smallest absolute Gasteiger partial charge is 0.244 e. The summed E-state index contributed by atoms with van der Waals surface area (Å²) in [5.41, 5.74) is 4.55. The maximum Gasteiger partial charge on any atom is 0.244 e. The highest BCUT2D eigenvalue weighted by molar-refractivity contribution is 7.92. The Hall–Kier alpha value is -2.34. The van der Waals surface area contributed by atoms with E-state index in [1.54, 1.807) is 12.1 Å². The number of carbonyl (C=O) groups excluding carboxylic acids is 1. The van der Waals surface area contributed by atoms with Gasteiger partial charge in [0.2, 0.25) is 15.9 Å². The molecule has 0 bridgehead atoms. The number of amides is 1. The van der Waals surface area contributed by atoms with Crippen LogP contribution >= 0.6 is 0 Å². The van der Waals surface area contributed by atoms with Crippen molar-refractivity contribution in [1.82, 2.24) is 5.32 Å². The second-order valence-corrected chi connectivity index (χ2v) is 8.89. The van der Waals surface area contributed by atoms with Crippen LogP contribution in [0, 0.1) is 20.8 Å². The molecule has 0 aliphatic rings. The van der Waals surface area contributed by atoms with Gasteiger partial charge in [-0.25, -0.2) is 8.42 Å². The van der Waals surface area contributed by atoms with E-state index in [9.17, 15) is 13.2 Å². The first-order valence-electron chi connectivity index (χ1n) is 9.02. The highest BCUT2D eigenvalue weighted by Crippen LogP contribution is 2.25. The van der Waals surface area contributed by atoms with Crippen LogP contribution in [0.15, 0.2) is 42.5 Å². The number of aryl methyl sites for hydroxylation is 3. The van der Waals surface area contributed by atoms with E-state index in [2.05, 4.69) is 5.32 Å². The molecular formula is C21H28N2O3S. The fraction of sp³-hybridized carbons (Fsp3) is 0.381. The molecule has 0 aliphatic heterocycles. The molecular weight excluding hydrogens is 360 g/mol. The summed E-state index contributed by atoms with van der Waals surface area (Å²) >= 11 is 0. The Bertz CT molecular complexity index is 885. The normalized spacial score (nSPS) is 12.5. The minimum Gasteiger partial charge on any atom is -0.350 e. The Morgan fingerprint density at radius 3 is 2.04 bits per heavy atom. The largest absolute Gasteiger partial charge is 0.350 e. The monoisotopic (exact) mass is 388 g/mol. The van der Waals surface area contributed by atoms with Gasteiger partial charge in [-0.3, -0.25) is 9.10 Å². The predicted molar refractivity (Wildman–Crippen MR) is 110 cm³/mol. The molecule has 0 radical (unpaired) electrons. The molecule has 2 aromatic carbocycles. The van der Waals surface area contributed by atoms with E-state index in [0.29, 0.717) is 18.7 Å². The standard InChI is InChI=1S/C21H28N2O3S/c1-6-20(21(24)22-14-18-9-7-15(2)8-10-18)23(27(5,25)26)19-12-16(3)11-17(4)13-19/h7-13,20H,6,14H2,1-5H3,(H,22,24). The number of nitrogens with zero attached hydrogens (tertiary/aromatic N) is 1. The molecule has 1 atom stereocenters. The quantitative estimate of drug-likeness (QED) is 0.790. The third kappa shape index (κ3) is 5.57. The molecule has 1 unspecified atom stereocenters. The minimum atomic E-state index is -3.62. The van der Waals surface area contributed by atoms with Crippen LogP contribution in [0.3, 0.4) is 0 Å². The zero-order valence-electron chi connectivity index (χ0n) is 16.6. The average molecular weight is 389 g/mol. The van der Waals surface area contributed by atoms with Crippen LogP contribution in [0.2, 0.25) is 0 Å². The van der Waals surface area contributed by atoms with E-state index >= 15 is 0 Å². The van der Waals surface area contributed by atoms with Crippen LogP contribution in [0.1, 0.15) is 35.6 Å². The van der Waals surface area contributed by atoms with Crippen molar-refractivity contribution >= 4 is 21.6 Å². The van der Waals surface area contributed by atoms with Crippen molar-refractivity contribution in [3.8, 4) is 0 Å². The number of nitrogens with one attached hydrogen (secondary N) is 1. The van der Waals surface area contributed by atoms with Crippen molar-refractivity contribution in [3.63, 3.8) is 0 Å². The number of rotatable bonds is 7. The molecule has 5 nitrogen and oxygen atoms in total. The van der Waals surface area contributed by atoms with E-state index in [4.69, 9.17) is 0 Å². The zero-order chi connectivity index (χ0) is 20.2. The molecule has 0 aromatic heterocycles. The lowest BCUT2D eigenvalue weighted by molar-refractivity contribution is -0.122. The molecule has 0 aliphatic carbocycles. The van der Waals surface area contributed by atoms with E-state index in [1.807, 2.05) is 58.0 Å². The fourth-order valence-corrected chi connectivity index (χ4v) is 4.35. The minimum absolute atomic E-state index is 0.303. The van der Waals surface area contributed by atoms with Crippen molar-refractivity contribution in [1.29, 1.82) is 0 Å². The van der Waals surface area contributed by atoms with Crippen LogP contribution in [-0.2, 0) is 21.4 Å². The Morgan fingerprint density at radius 1 is 1.00 bits per heavy atom. The molecule has 0 saturated carbocycles. The third-order valence-electron chi connectivity index (χ3n) is 4.38. The van der Waals surface area contributed by atoms with Gasteiger partial charge in [0.15, 0.2) is 0 Å². The summed E-state index contributed by atoms with van der Waals surface area (Å²) in [4.78, 5) is 12.8. The number of carbonyl (C=O) groups is 1. The summed E-state index contributed by atoms with van der Waals surface area (Å²) in [5.74, 6) is -0.303. The molecule has 0 spiro atoms. The molecule has 0 saturated heterocycles. The van der Waals surface area contributed by atoms with Gasteiger partial charge in [-0.15, -0.1) is 0 Å². The summed E-state index contributed by atoms with van der Waals surface area (Å²) in [6.07, 6.45) is 1.51. The van der Waals surface area contributed by atoms with Gasteiger partial charge in [-0.1, -0.05) is 42.8 Å². The van der Waals surface area contributed by atoms with E-state index < -0.39 is 16.1 Å². The third-order valence-corrected chi connectivity index (χ3v) is 5.56. The lowest BCUT2D eigenvalue weighted by atomic mass is 10.1. The fourth-order valence-electron chi connectivity index (χ4n) is 3.15. The van der Waals surface area contributed by atoms with Crippen molar-refractivity contribution in [2.45, 2.75) is 46.7 Å². The van der Waals surface area contributed by atoms with Gasteiger partial charge in [0.05, 0.1) is 11.9 Å². The number of hydrogen-bond donors (Lipinski definition) is 1. The SMILES string of the molecule is CCC(C(=O)NCc1ccc(C)cc1)N(c1cc(C)cc(C)c1)S(C)(=O)=O. The van der Waals surface area contributed by atoms with Crippen molar-refractivity contribution in [3.05, 3.63) is 64.7 Å². The first kappa shape index (κ1) is 21.0. The van der Waals surface area contributed by atoms with Crippen LogP contribution in [0.4, 0.5) is 5.69 Å². The molecule has 2 rings (SSSR count). The van der Waals surface area contributed by atoms with Gasteiger partial charge >= 0.3 is 0 Å². The number of benzene rings is 2. The molecule has 2 aromatic rings. The van der Waals surface area contributed by atoms with Gasteiger partial charge in [0, 0.05) is 6.54 Å². The van der Waals surface area contributed by atoms with Crippen molar-refractivity contribution in [2.24, 2.45) is 0 Å². The van der Waals surface area contributed by atoms with E-state index in [1.165, 1.54) is 4.31 Å². The second-order valence-electron chi connectivity index (χ2n) is 7.03. The highest BCUT2D eigenvalue weighted by Gasteiger charge is 2.31. The molecule has 1 amide bonds. The van der Waals surface area contributed by atoms with Crippen molar-refractivity contribution in [2.75, 3.05) is 10.6 Å². The van der Waals surface area contributed by atoms with Gasteiger partial charge in [-0.05, 0) is 56.0 Å². The Morgan fingerprint density at radius 2 is 1.56 bits per heavy atom. The van der Waals surface area contributed by atoms with E-state index in [0.717, 1.165) is 28.5 Å². The maximum atomic E-state index is 12.8. The first-order chi connectivity index (χ1) is 12.6. The molecule has 6 heteroatoms. The van der Waals surface area contributed by atoms with E-state index in [-0.39, 0.29) is 5.91 Å². The van der Waals surface area contributed by atoms with Crippen LogP contribution in [-0.4, -0.2) is 26.6 Å². The summed E-state index contributed by atoms with van der Waals surface area (Å²) in [5, 5.41) is 2.88. The topological polar surface area (TPSA) is 66.5 Å². The Balaban J connectivity index is 2.28. The van der Waals surface area contributed by atoms with Crippen LogP contribution in [0.25, 0.3) is 0 Å².